The molecule has 4 heteroatoms. The predicted molar refractivity (Wildman–Crippen MR) is 85.2 cm³/mol. The SMILES string of the molecule is CC1CCC(C(=O)Nc2cc(C#CCO)ccc2Cl)CC1. The summed E-state index contributed by atoms with van der Waals surface area (Å²) in [5.41, 5.74) is 1.31. The molecule has 0 bridgehead atoms. The molecule has 1 amide bonds. The van der Waals surface area contributed by atoms with Gasteiger partial charge in [0.05, 0.1) is 10.7 Å². The second kappa shape index (κ2) is 7.49. The van der Waals surface area contributed by atoms with E-state index in [1.165, 1.54) is 0 Å². The number of benzene rings is 1. The van der Waals surface area contributed by atoms with Gasteiger partial charge in [0, 0.05) is 11.5 Å². The molecule has 1 aromatic carbocycles. The first-order chi connectivity index (χ1) is 10.1. The number of aliphatic hydroxyl groups is 1. The molecule has 1 fully saturated rings. The van der Waals surface area contributed by atoms with Crippen molar-refractivity contribution < 1.29 is 9.90 Å². The van der Waals surface area contributed by atoms with E-state index in [0.29, 0.717) is 10.7 Å². The van der Waals surface area contributed by atoms with Gasteiger partial charge >= 0.3 is 0 Å². The number of rotatable bonds is 2. The van der Waals surface area contributed by atoms with Crippen molar-refractivity contribution in [1.29, 1.82) is 0 Å². The quantitative estimate of drug-likeness (QED) is 0.822. The summed E-state index contributed by atoms with van der Waals surface area (Å²) in [7, 11) is 0. The first-order valence-corrected chi connectivity index (χ1v) is 7.68. The summed E-state index contributed by atoms with van der Waals surface area (Å²) in [6.07, 6.45) is 4.09. The molecule has 0 saturated heterocycles. The van der Waals surface area contributed by atoms with Gasteiger partial charge in [-0.25, -0.2) is 0 Å². The number of halogens is 1. The summed E-state index contributed by atoms with van der Waals surface area (Å²) >= 11 is 6.12. The molecule has 0 unspecified atom stereocenters. The first-order valence-electron chi connectivity index (χ1n) is 7.30. The molecule has 3 nitrogen and oxygen atoms in total. The Morgan fingerprint density at radius 1 is 1.38 bits per heavy atom. The van der Waals surface area contributed by atoms with Crippen LogP contribution >= 0.6 is 11.6 Å². The Morgan fingerprint density at radius 2 is 2.10 bits per heavy atom. The van der Waals surface area contributed by atoms with Gasteiger partial charge in [0.1, 0.15) is 6.61 Å². The number of carbonyl (C=O) groups is 1. The third kappa shape index (κ3) is 4.49. The van der Waals surface area contributed by atoms with Crippen LogP contribution in [0.3, 0.4) is 0 Å². The van der Waals surface area contributed by atoms with Crippen LogP contribution in [-0.4, -0.2) is 17.6 Å². The molecular weight excluding hydrogens is 286 g/mol. The molecule has 1 aliphatic carbocycles. The second-order valence-electron chi connectivity index (χ2n) is 5.60. The van der Waals surface area contributed by atoms with E-state index >= 15 is 0 Å². The van der Waals surface area contributed by atoms with E-state index in [4.69, 9.17) is 16.7 Å². The largest absolute Gasteiger partial charge is 0.384 e. The van der Waals surface area contributed by atoms with Crippen LogP contribution in [-0.2, 0) is 4.79 Å². The van der Waals surface area contributed by atoms with Crippen LogP contribution < -0.4 is 5.32 Å². The molecule has 0 spiro atoms. The molecule has 1 aliphatic rings. The smallest absolute Gasteiger partial charge is 0.227 e. The van der Waals surface area contributed by atoms with Crippen LogP contribution in [0.15, 0.2) is 18.2 Å². The number of anilines is 1. The van der Waals surface area contributed by atoms with Gasteiger partial charge < -0.3 is 10.4 Å². The summed E-state index contributed by atoms with van der Waals surface area (Å²) in [5, 5.41) is 12.1. The minimum absolute atomic E-state index is 0.0380. The van der Waals surface area contributed by atoms with E-state index < -0.39 is 0 Å². The average molecular weight is 306 g/mol. The lowest BCUT2D eigenvalue weighted by atomic mass is 9.82. The van der Waals surface area contributed by atoms with Crippen molar-refractivity contribution in [2.75, 3.05) is 11.9 Å². The molecule has 2 rings (SSSR count). The van der Waals surface area contributed by atoms with Crippen molar-refractivity contribution in [2.24, 2.45) is 11.8 Å². The number of amides is 1. The van der Waals surface area contributed by atoms with E-state index in [0.717, 1.165) is 37.2 Å². The van der Waals surface area contributed by atoms with E-state index in [-0.39, 0.29) is 18.4 Å². The minimum atomic E-state index is -0.190. The van der Waals surface area contributed by atoms with Crippen LogP contribution in [0.4, 0.5) is 5.69 Å². The van der Waals surface area contributed by atoms with Gasteiger partial charge in [0.25, 0.3) is 0 Å². The minimum Gasteiger partial charge on any atom is -0.384 e. The maximum atomic E-state index is 12.3. The third-order valence-corrected chi connectivity index (χ3v) is 4.25. The summed E-state index contributed by atoms with van der Waals surface area (Å²) in [4.78, 5) is 12.3. The zero-order valence-electron chi connectivity index (χ0n) is 12.2. The Balaban J connectivity index is 2.06. The maximum absolute atomic E-state index is 12.3. The standard InChI is InChI=1S/C17H20ClNO2/c1-12-4-7-14(8-5-12)17(21)19-16-11-13(3-2-10-20)6-9-15(16)18/h6,9,11-12,14,20H,4-5,7-8,10H2,1H3,(H,19,21). The zero-order valence-corrected chi connectivity index (χ0v) is 12.9. The first kappa shape index (κ1) is 15.9. The van der Waals surface area contributed by atoms with Crippen molar-refractivity contribution in [1.82, 2.24) is 0 Å². The highest BCUT2D eigenvalue weighted by Gasteiger charge is 2.24. The fraction of sp³-hybridized carbons (Fsp3) is 0.471. The van der Waals surface area contributed by atoms with Gasteiger partial charge in [-0.05, 0) is 49.8 Å². The van der Waals surface area contributed by atoms with Crippen LogP contribution in [0.5, 0.6) is 0 Å². The highest BCUT2D eigenvalue weighted by molar-refractivity contribution is 6.33. The second-order valence-corrected chi connectivity index (χ2v) is 6.01. The Kier molecular flexibility index (Phi) is 5.67. The summed E-state index contributed by atoms with van der Waals surface area (Å²) in [6, 6.07) is 5.22. The zero-order chi connectivity index (χ0) is 15.2. The molecule has 1 aromatic rings. The summed E-state index contributed by atoms with van der Waals surface area (Å²) in [5.74, 6) is 6.22. The number of nitrogens with one attached hydrogen (secondary N) is 1. The van der Waals surface area contributed by atoms with Gasteiger partial charge in [-0.1, -0.05) is 30.4 Å². The molecule has 0 heterocycles. The maximum Gasteiger partial charge on any atom is 0.227 e. The normalized spacial score (nSPS) is 21.3. The highest BCUT2D eigenvalue weighted by atomic mass is 35.5. The Labute approximate surface area is 130 Å². The molecule has 21 heavy (non-hydrogen) atoms. The van der Waals surface area contributed by atoms with Gasteiger partial charge in [0.15, 0.2) is 0 Å². The van der Waals surface area contributed by atoms with Crippen molar-refractivity contribution in [3.63, 3.8) is 0 Å². The molecule has 2 N–H and O–H groups in total. The lowest BCUT2D eigenvalue weighted by molar-refractivity contribution is -0.121. The van der Waals surface area contributed by atoms with Crippen molar-refractivity contribution in [2.45, 2.75) is 32.6 Å². The van der Waals surface area contributed by atoms with Gasteiger partial charge in [-0.3, -0.25) is 4.79 Å². The molecule has 0 aromatic heterocycles. The molecule has 1 saturated carbocycles. The van der Waals surface area contributed by atoms with E-state index in [2.05, 4.69) is 24.1 Å². The summed E-state index contributed by atoms with van der Waals surface area (Å²) < 4.78 is 0. The van der Waals surface area contributed by atoms with E-state index in [1.807, 2.05) is 0 Å². The average Bonchev–Trinajstić information content (AvgIpc) is 2.48. The van der Waals surface area contributed by atoms with Crippen LogP contribution in [0.2, 0.25) is 5.02 Å². The van der Waals surface area contributed by atoms with Crippen molar-refractivity contribution >= 4 is 23.2 Å². The highest BCUT2D eigenvalue weighted by Crippen LogP contribution is 2.30. The molecule has 0 radical (unpaired) electrons. The Morgan fingerprint density at radius 3 is 2.76 bits per heavy atom. The predicted octanol–water partition coefficient (Wildman–Crippen LogP) is 3.45. The third-order valence-electron chi connectivity index (χ3n) is 3.92. The number of hydrogen-bond donors (Lipinski definition) is 2. The number of hydrogen-bond acceptors (Lipinski definition) is 2. The van der Waals surface area contributed by atoms with E-state index in [9.17, 15) is 4.79 Å². The molecular formula is C17H20ClNO2. The molecule has 0 atom stereocenters. The summed E-state index contributed by atoms with van der Waals surface area (Å²) in [6.45, 7) is 2.04. The Hall–Kier alpha value is -1.50. The molecule has 0 aliphatic heterocycles. The van der Waals surface area contributed by atoms with Crippen molar-refractivity contribution in [3.8, 4) is 11.8 Å². The molecule has 112 valence electrons. The topological polar surface area (TPSA) is 49.3 Å². The number of aliphatic hydroxyl groups excluding tert-OH is 1. The van der Waals surface area contributed by atoms with Gasteiger partial charge in [-0.15, -0.1) is 0 Å². The fourth-order valence-corrected chi connectivity index (χ4v) is 2.76. The fourth-order valence-electron chi connectivity index (χ4n) is 2.60. The van der Waals surface area contributed by atoms with Gasteiger partial charge in [-0.2, -0.15) is 0 Å². The van der Waals surface area contributed by atoms with Crippen LogP contribution in [0, 0.1) is 23.7 Å². The lowest BCUT2D eigenvalue weighted by Crippen LogP contribution is -2.26. The lowest BCUT2D eigenvalue weighted by Gasteiger charge is -2.25. The van der Waals surface area contributed by atoms with Gasteiger partial charge in [0.2, 0.25) is 5.91 Å². The van der Waals surface area contributed by atoms with Crippen LogP contribution in [0.1, 0.15) is 38.2 Å². The van der Waals surface area contributed by atoms with Crippen LogP contribution in [0.25, 0.3) is 0 Å². The monoisotopic (exact) mass is 305 g/mol. The number of carbonyl (C=O) groups excluding carboxylic acids is 1. The van der Waals surface area contributed by atoms with Crippen molar-refractivity contribution in [3.05, 3.63) is 28.8 Å². The van der Waals surface area contributed by atoms with E-state index in [1.54, 1.807) is 18.2 Å². The Bertz CT molecular complexity index is 566.